The van der Waals surface area contributed by atoms with Crippen LogP contribution in [-0.2, 0) is 10.0 Å². The van der Waals surface area contributed by atoms with E-state index in [1.54, 1.807) is 19.2 Å². The summed E-state index contributed by atoms with van der Waals surface area (Å²) in [7, 11) is -0.647. The van der Waals surface area contributed by atoms with Crippen molar-refractivity contribution in [2.45, 2.75) is 36.6 Å². The van der Waals surface area contributed by atoms with E-state index < -0.39 is 10.0 Å². The van der Waals surface area contributed by atoms with E-state index in [4.69, 9.17) is 9.47 Å². The molecule has 2 aromatic carbocycles. The first-order valence-electron chi connectivity index (χ1n) is 11.8. The molecule has 2 fully saturated rings. The number of hydrogen-bond acceptors (Lipinski definition) is 6. The van der Waals surface area contributed by atoms with Crippen molar-refractivity contribution in [1.82, 2.24) is 14.5 Å². The molecule has 8 nitrogen and oxygen atoms in total. The van der Waals surface area contributed by atoms with Gasteiger partial charge >= 0.3 is 0 Å². The van der Waals surface area contributed by atoms with Gasteiger partial charge in [0.15, 0.2) is 0 Å². The molecule has 1 unspecified atom stereocenters. The van der Waals surface area contributed by atoms with Crippen LogP contribution in [0.5, 0.6) is 11.5 Å². The summed E-state index contributed by atoms with van der Waals surface area (Å²) in [5, 5.41) is 3.03. The van der Waals surface area contributed by atoms with Crippen molar-refractivity contribution in [2.24, 2.45) is 0 Å². The molecule has 0 aromatic heterocycles. The van der Waals surface area contributed by atoms with Crippen LogP contribution in [-0.4, -0.2) is 70.5 Å². The smallest absolute Gasteiger partial charge is 0.251 e. The maximum absolute atomic E-state index is 13.2. The fourth-order valence-electron chi connectivity index (χ4n) is 4.74. The lowest BCUT2D eigenvalue weighted by Crippen LogP contribution is -2.37. The highest BCUT2D eigenvalue weighted by Gasteiger charge is 2.31. The number of sulfonamides is 1. The summed E-state index contributed by atoms with van der Waals surface area (Å²) in [6.07, 6.45) is 3.93. The third-order valence-electron chi connectivity index (χ3n) is 6.62. The van der Waals surface area contributed by atoms with Crippen LogP contribution in [0.4, 0.5) is 0 Å². The van der Waals surface area contributed by atoms with E-state index >= 15 is 0 Å². The van der Waals surface area contributed by atoms with Crippen LogP contribution in [0.15, 0.2) is 47.4 Å². The van der Waals surface area contributed by atoms with Crippen molar-refractivity contribution in [3.63, 3.8) is 0 Å². The number of nitrogens with one attached hydrogen (secondary N) is 1. The molecule has 2 aromatic rings. The summed E-state index contributed by atoms with van der Waals surface area (Å²) in [5.74, 6) is 0.710. The lowest BCUT2D eigenvalue weighted by atomic mass is 10.0. The van der Waals surface area contributed by atoms with Gasteiger partial charge < -0.3 is 14.8 Å². The number of hydrogen-bond donors (Lipinski definition) is 1. The normalized spacial score (nSPS) is 18.1. The van der Waals surface area contributed by atoms with Gasteiger partial charge in [0.25, 0.3) is 5.91 Å². The first-order chi connectivity index (χ1) is 16.4. The average molecular weight is 488 g/mol. The molecular weight excluding hydrogens is 454 g/mol. The van der Waals surface area contributed by atoms with Gasteiger partial charge in [0, 0.05) is 25.2 Å². The lowest BCUT2D eigenvalue weighted by molar-refractivity contribution is 0.0937. The van der Waals surface area contributed by atoms with Crippen molar-refractivity contribution in [3.05, 3.63) is 53.6 Å². The molecule has 4 rings (SSSR count). The summed E-state index contributed by atoms with van der Waals surface area (Å²) < 4.78 is 38.5. The topological polar surface area (TPSA) is 88.2 Å². The second kappa shape index (κ2) is 10.8. The molecule has 1 atom stereocenters. The first-order valence-corrected chi connectivity index (χ1v) is 13.2. The highest BCUT2D eigenvalue weighted by molar-refractivity contribution is 7.89. The molecule has 2 aliphatic rings. The van der Waals surface area contributed by atoms with Crippen molar-refractivity contribution in [2.75, 3.05) is 46.9 Å². The molecule has 0 saturated carbocycles. The van der Waals surface area contributed by atoms with Crippen molar-refractivity contribution in [3.8, 4) is 11.5 Å². The van der Waals surface area contributed by atoms with Crippen LogP contribution in [0.3, 0.4) is 0 Å². The molecule has 2 aliphatic heterocycles. The van der Waals surface area contributed by atoms with E-state index in [1.807, 2.05) is 24.3 Å². The minimum Gasteiger partial charge on any atom is -0.497 e. The number of amides is 1. The first kappa shape index (κ1) is 24.5. The minimum atomic E-state index is -3.73. The van der Waals surface area contributed by atoms with E-state index in [1.165, 1.54) is 17.5 Å². The Kier molecular flexibility index (Phi) is 7.75. The largest absolute Gasteiger partial charge is 0.497 e. The minimum absolute atomic E-state index is 0.00704. The molecule has 0 radical (unpaired) electrons. The SMILES string of the molecule is COc1cccc(C(CNC(=O)c2ccc(OC)c(S(=O)(=O)N3CCCC3)c2)N2CCCC2)c1. The molecule has 2 saturated heterocycles. The number of ether oxygens (including phenoxy) is 2. The Morgan fingerprint density at radius 1 is 0.971 bits per heavy atom. The van der Waals surface area contributed by atoms with Crippen LogP contribution < -0.4 is 14.8 Å². The Balaban J connectivity index is 1.55. The standard InChI is InChI=1S/C25H33N3O5S/c1-32-21-9-7-8-19(16-21)22(27-12-3-4-13-27)18-26-25(29)20-10-11-23(33-2)24(17-20)34(30,31)28-14-5-6-15-28/h7-11,16-17,22H,3-6,12-15,18H2,1-2H3,(H,26,29). The molecule has 9 heteroatoms. The van der Waals surface area contributed by atoms with Gasteiger partial charge in [-0.15, -0.1) is 0 Å². The van der Waals surface area contributed by atoms with Crippen LogP contribution >= 0.6 is 0 Å². The summed E-state index contributed by atoms with van der Waals surface area (Å²) >= 11 is 0. The average Bonchev–Trinajstić information content (AvgIpc) is 3.59. The third-order valence-corrected chi connectivity index (χ3v) is 8.54. The number of carbonyl (C=O) groups is 1. The fourth-order valence-corrected chi connectivity index (χ4v) is 6.44. The zero-order valence-corrected chi connectivity index (χ0v) is 20.6. The highest BCUT2D eigenvalue weighted by Crippen LogP contribution is 2.30. The molecule has 0 spiro atoms. The predicted molar refractivity (Wildman–Crippen MR) is 130 cm³/mol. The van der Waals surface area contributed by atoms with E-state index in [2.05, 4.69) is 10.2 Å². The molecule has 0 bridgehead atoms. The predicted octanol–water partition coefficient (Wildman–Crippen LogP) is 3.06. The van der Waals surface area contributed by atoms with E-state index in [-0.39, 0.29) is 22.6 Å². The molecule has 1 N–H and O–H groups in total. The molecule has 1 amide bonds. The van der Waals surface area contributed by atoms with Crippen molar-refractivity contribution in [1.29, 1.82) is 0 Å². The monoisotopic (exact) mass is 487 g/mol. The third kappa shape index (κ3) is 5.21. The highest BCUT2D eigenvalue weighted by atomic mass is 32.2. The van der Waals surface area contributed by atoms with Gasteiger partial charge in [0.05, 0.1) is 20.3 Å². The number of likely N-dealkylation sites (tertiary alicyclic amines) is 1. The zero-order chi connectivity index (χ0) is 24.1. The second-order valence-corrected chi connectivity index (χ2v) is 10.6. The summed E-state index contributed by atoms with van der Waals surface area (Å²) in [5.41, 5.74) is 1.37. The molecule has 34 heavy (non-hydrogen) atoms. The van der Waals surface area contributed by atoms with Gasteiger partial charge in [-0.05, 0) is 74.7 Å². The second-order valence-electron chi connectivity index (χ2n) is 8.72. The van der Waals surface area contributed by atoms with Gasteiger partial charge in [-0.3, -0.25) is 9.69 Å². The van der Waals surface area contributed by atoms with Gasteiger partial charge in [-0.25, -0.2) is 8.42 Å². The van der Waals surface area contributed by atoms with Crippen molar-refractivity contribution < 1.29 is 22.7 Å². The quantitative estimate of drug-likeness (QED) is 0.585. The Bertz CT molecular complexity index is 1110. The number of benzene rings is 2. The van der Waals surface area contributed by atoms with Gasteiger partial charge in [0.1, 0.15) is 16.4 Å². The number of nitrogens with zero attached hydrogens (tertiary/aromatic N) is 2. The molecule has 184 valence electrons. The van der Waals surface area contributed by atoms with Crippen LogP contribution in [0.2, 0.25) is 0 Å². The Morgan fingerprint density at radius 2 is 1.68 bits per heavy atom. The Labute approximate surface area is 201 Å². The Hall–Kier alpha value is -2.62. The van der Waals surface area contributed by atoms with Gasteiger partial charge in [-0.1, -0.05) is 12.1 Å². The number of methoxy groups -OCH3 is 2. The zero-order valence-electron chi connectivity index (χ0n) is 19.8. The number of carbonyl (C=O) groups excluding carboxylic acids is 1. The Morgan fingerprint density at radius 3 is 2.35 bits per heavy atom. The van der Waals surface area contributed by atoms with Crippen LogP contribution in [0, 0.1) is 0 Å². The summed E-state index contributed by atoms with van der Waals surface area (Å²) in [6.45, 7) is 3.32. The lowest BCUT2D eigenvalue weighted by Gasteiger charge is -2.28. The van der Waals surface area contributed by atoms with Crippen LogP contribution in [0.1, 0.15) is 47.6 Å². The van der Waals surface area contributed by atoms with Gasteiger partial charge in [0.2, 0.25) is 10.0 Å². The van der Waals surface area contributed by atoms with E-state index in [0.717, 1.165) is 50.1 Å². The molecular formula is C25H33N3O5S. The van der Waals surface area contributed by atoms with E-state index in [0.29, 0.717) is 25.2 Å². The van der Waals surface area contributed by atoms with Crippen LogP contribution in [0.25, 0.3) is 0 Å². The fraction of sp³-hybridized carbons (Fsp3) is 0.480. The van der Waals surface area contributed by atoms with E-state index in [9.17, 15) is 13.2 Å². The summed E-state index contributed by atoms with van der Waals surface area (Å²) in [4.78, 5) is 15.5. The maximum atomic E-state index is 13.2. The molecule has 2 heterocycles. The maximum Gasteiger partial charge on any atom is 0.251 e. The summed E-state index contributed by atoms with van der Waals surface area (Å²) in [6, 6.07) is 12.5. The number of rotatable bonds is 9. The van der Waals surface area contributed by atoms with Gasteiger partial charge in [-0.2, -0.15) is 4.31 Å². The molecule has 0 aliphatic carbocycles. The van der Waals surface area contributed by atoms with Crippen molar-refractivity contribution >= 4 is 15.9 Å².